The molecular formula is C22H27N5OS2. The standard InChI is InChI=1S/C22H27N5OS2/c1-16-20(30-15-14-25-10-12-26(13-11-25)17(2)28)8-9-23-21(16)22-24-18-6-4-5-7-19(18)27(22)29-3/h4-9H,10-15H2,1-3H3. The first-order chi connectivity index (χ1) is 14.6. The maximum Gasteiger partial charge on any atom is 0.219 e. The van der Waals surface area contributed by atoms with Gasteiger partial charge in [0.1, 0.15) is 5.69 Å². The number of rotatable bonds is 6. The number of hydrogen-bond donors (Lipinski definition) is 0. The topological polar surface area (TPSA) is 54.3 Å². The number of benzene rings is 1. The Kier molecular flexibility index (Phi) is 6.65. The molecule has 0 unspecified atom stereocenters. The van der Waals surface area contributed by atoms with Gasteiger partial charge in [0, 0.05) is 62.7 Å². The number of amides is 1. The Bertz CT molecular complexity index is 1040. The molecule has 0 N–H and O–H groups in total. The normalized spacial score (nSPS) is 15.1. The van der Waals surface area contributed by atoms with E-state index in [2.05, 4.69) is 39.2 Å². The van der Waals surface area contributed by atoms with Crippen molar-refractivity contribution in [3.63, 3.8) is 0 Å². The summed E-state index contributed by atoms with van der Waals surface area (Å²) in [4.78, 5) is 26.6. The highest BCUT2D eigenvalue weighted by Crippen LogP contribution is 2.32. The van der Waals surface area contributed by atoms with E-state index in [-0.39, 0.29) is 5.91 Å². The van der Waals surface area contributed by atoms with Gasteiger partial charge in [-0.15, -0.1) is 11.8 Å². The van der Waals surface area contributed by atoms with E-state index in [1.165, 1.54) is 10.5 Å². The monoisotopic (exact) mass is 441 g/mol. The van der Waals surface area contributed by atoms with Crippen LogP contribution in [0, 0.1) is 6.92 Å². The average Bonchev–Trinajstić information content (AvgIpc) is 3.13. The number of aromatic nitrogens is 3. The van der Waals surface area contributed by atoms with Crippen molar-refractivity contribution >= 4 is 40.7 Å². The van der Waals surface area contributed by atoms with E-state index in [1.54, 1.807) is 18.9 Å². The Morgan fingerprint density at radius 1 is 1.13 bits per heavy atom. The van der Waals surface area contributed by atoms with Gasteiger partial charge in [-0.05, 0) is 42.6 Å². The fourth-order valence-corrected chi connectivity index (χ4v) is 5.50. The number of piperazine rings is 1. The summed E-state index contributed by atoms with van der Waals surface area (Å²) in [6.45, 7) is 8.40. The van der Waals surface area contributed by atoms with Crippen molar-refractivity contribution < 1.29 is 4.79 Å². The molecule has 3 aromatic rings. The molecule has 2 aromatic heterocycles. The van der Waals surface area contributed by atoms with Crippen LogP contribution in [-0.2, 0) is 4.79 Å². The van der Waals surface area contributed by atoms with E-state index < -0.39 is 0 Å². The molecule has 30 heavy (non-hydrogen) atoms. The van der Waals surface area contributed by atoms with E-state index in [4.69, 9.17) is 4.98 Å². The third-order valence-electron chi connectivity index (χ3n) is 5.55. The molecule has 1 fully saturated rings. The van der Waals surface area contributed by atoms with E-state index in [1.807, 2.05) is 41.1 Å². The van der Waals surface area contributed by atoms with Crippen LogP contribution in [0.15, 0.2) is 41.4 Å². The van der Waals surface area contributed by atoms with Crippen LogP contribution in [0.2, 0.25) is 0 Å². The first-order valence-corrected chi connectivity index (χ1v) is 12.3. The summed E-state index contributed by atoms with van der Waals surface area (Å²) in [7, 11) is 0. The molecule has 6 nitrogen and oxygen atoms in total. The minimum Gasteiger partial charge on any atom is -0.340 e. The number of imidazole rings is 1. The van der Waals surface area contributed by atoms with Crippen molar-refractivity contribution in [1.29, 1.82) is 0 Å². The number of thioether (sulfide) groups is 1. The van der Waals surface area contributed by atoms with Gasteiger partial charge in [-0.1, -0.05) is 12.1 Å². The molecule has 8 heteroatoms. The molecule has 0 radical (unpaired) electrons. The van der Waals surface area contributed by atoms with Crippen molar-refractivity contribution in [3.05, 3.63) is 42.1 Å². The van der Waals surface area contributed by atoms with Gasteiger partial charge in [-0.3, -0.25) is 18.7 Å². The highest BCUT2D eigenvalue weighted by atomic mass is 32.2. The van der Waals surface area contributed by atoms with E-state index in [0.29, 0.717) is 0 Å². The lowest BCUT2D eigenvalue weighted by molar-refractivity contribution is -0.130. The number of carbonyl (C=O) groups excluding carboxylic acids is 1. The summed E-state index contributed by atoms with van der Waals surface area (Å²) in [6.07, 6.45) is 3.96. The van der Waals surface area contributed by atoms with Gasteiger partial charge in [-0.25, -0.2) is 4.98 Å². The third-order valence-corrected chi connectivity index (χ3v) is 7.43. The molecule has 1 aromatic carbocycles. The van der Waals surface area contributed by atoms with Gasteiger partial charge < -0.3 is 4.90 Å². The van der Waals surface area contributed by atoms with Gasteiger partial charge >= 0.3 is 0 Å². The first kappa shape index (κ1) is 21.2. The van der Waals surface area contributed by atoms with Gasteiger partial charge in [0.05, 0.1) is 11.0 Å². The molecule has 158 valence electrons. The molecule has 4 rings (SSSR count). The molecule has 1 aliphatic heterocycles. The van der Waals surface area contributed by atoms with E-state index in [9.17, 15) is 4.79 Å². The van der Waals surface area contributed by atoms with Crippen molar-refractivity contribution in [2.75, 3.05) is 44.7 Å². The molecule has 0 bridgehead atoms. The minimum absolute atomic E-state index is 0.181. The predicted molar refractivity (Wildman–Crippen MR) is 126 cm³/mol. The molecule has 3 heterocycles. The van der Waals surface area contributed by atoms with E-state index in [0.717, 1.165) is 61.0 Å². The van der Waals surface area contributed by atoms with Crippen LogP contribution in [0.3, 0.4) is 0 Å². The van der Waals surface area contributed by atoms with Gasteiger partial charge in [0.25, 0.3) is 0 Å². The summed E-state index contributed by atoms with van der Waals surface area (Å²) in [6, 6.07) is 10.3. The van der Waals surface area contributed by atoms with Crippen molar-refractivity contribution in [1.82, 2.24) is 23.7 Å². The van der Waals surface area contributed by atoms with Crippen LogP contribution >= 0.6 is 23.7 Å². The number of para-hydroxylation sites is 2. The maximum absolute atomic E-state index is 11.5. The van der Waals surface area contributed by atoms with Crippen molar-refractivity contribution in [2.24, 2.45) is 0 Å². The number of nitrogens with zero attached hydrogens (tertiary/aromatic N) is 5. The Morgan fingerprint density at radius 2 is 1.90 bits per heavy atom. The maximum atomic E-state index is 11.5. The summed E-state index contributed by atoms with van der Waals surface area (Å²) < 4.78 is 2.16. The van der Waals surface area contributed by atoms with Crippen LogP contribution < -0.4 is 0 Å². The molecule has 0 atom stereocenters. The second-order valence-corrected chi connectivity index (χ2v) is 9.25. The van der Waals surface area contributed by atoms with Gasteiger partial charge in [0.2, 0.25) is 5.91 Å². The van der Waals surface area contributed by atoms with Crippen molar-refractivity contribution in [2.45, 2.75) is 18.7 Å². The summed E-state index contributed by atoms with van der Waals surface area (Å²) >= 11 is 3.52. The van der Waals surface area contributed by atoms with Crippen LogP contribution in [0.25, 0.3) is 22.6 Å². The first-order valence-electron chi connectivity index (χ1n) is 10.2. The lowest BCUT2D eigenvalue weighted by Gasteiger charge is -2.34. The lowest BCUT2D eigenvalue weighted by Crippen LogP contribution is -2.48. The molecule has 1 amide bonds. The summed E-state index contributed by atoms with van der Waals surface area (Å²) in [5.74, 6) is 2.10. The Balaban J connectivity index is 1.46. The molecule has 1 aliphatic rings. The molecule has 0 spiro atoms. The summed E-state index contributed by atoms with van der Waals surface area (Å²) in [5, 5.41) is 0. The van der Waals surface area contributed by atoms with Gasteiger partial charge in [-0.2, -0.15) is 0 Å². The summed E-state index contributed by atoms with van der Waals surface area (Å²) in [5.41, 5.74) is 4.23. The number of fused-ring (bicyclic) bond motifs is 1. The van der Waals surface area contributed by atoms with Crippen LogP contribution in [0.4, 0.5) is 0 Å². The molecule has 1 saturated heterocycles. The second-order valence-electron chi connectivity index (χ2n) is 7.38. The smallest absolute Gasteiger partial charge is 0.219 e. The van der Waals surface area contributed by atoms with Crippen LogP contribution in [0.1, 0.15) is 12.5 Å². The van der Waals surface area contributed by atoms with Crippen LogP contribution in [0.5, 0.6) is 0 Å². The van der Waals surface area contributed by atoms with Crippen molar-refractivity contribution in [3.8, 4) is 11.5 Å². The average molecular weight is 442 g/mol. The zero-order valence-electron chi connectivity index (χ0n) is 17.7. The largest absolute Gasteiger partial charge is 0.340 e. The molecule has 0 saturated carbocycles. The fraction of sp³-hybridized carbons (Fsp3) is 0.409. The predicted octanol–water partition coefficient (Wildman–Crippen LogP) is 3.79. The van der Waals surface area contributed by atoms with Gasteiger partial charge in [0.15, 0.2) is 5.82 Å². The molecule has 0 aliphatic carbocycles. The zero-order valence-corrected chi connectivity index (χ0v) is 19.3. The second kappa shape index (κ2) is 9.41. The Hall–Kier alpha value is -2.03. The van der Waals surface area contributed by atoms with Crippen LogP contribution in [-0.4, -0.2) is 74.4 Å². The quantitative estimate of drug-likeness (QED) is 0.543. The molecular weight excluding hydrogens is 414 g/mol. The zero-order chi connectivity index (χ0) is 21.1. The van der Waals surface area contributed by atoms with E-state index >= 15 is 0 Å². The SMILES string of the molecule is CSn1c(-c2nccc(SCCN3CCN(C(C)=O)CC3)c2C)nc2ccccc21. The number of pyridine rings is 1. The number of hydrogen-bond acceptors (Lipinski definition) is 6. The third kappa shape index (κ3) is 4.36. The fourth-order valence-electron chi connectivity index (χ4n) is 3.81. The lowest BCUT2D eigenvalue weighted by atomic mass is 10.2. The minimum atomic E-state index is 0.181. The number of carbonyl (C=O) groups is 1. The highest BCUT2D eigenvalue weighted by molar-refractivity contribution is 7.99. The highest BCUT2D eigenvalue weighted by Gasteiger charge is 2.19. The Morgan fingerprint density at radius 3 is 2.63 bits per heavy atom. The Labute approximate surface area is 186 Å².